The molecule has 0 saturated carbocycles. The Kier molecular flexibility index (Phi) is 7.70. The molecule has 0 bridgehead atoms. The average molecular weight is 485 g/mol. The maximum Gasteiger partial charge on any atom is 0.227 e. The van der Waals surface area contributed by atoms with Gasteiger partial charge in [-0.25, -0.2) is 4.39 Å². The highest BCUT2D eigenvalue weighted by molar-refractivity contribution is 7.15. The zero-order valence-corrected chi connectivity index (χ0v) is 20.5. The fraction of sp³-hybridized carbons (Fsp3) is 0.346. The highest BCUT2D eigenvalue weighted by atomic mass is 32.1. The minimum Gasteiger partial charge on any atom is -0.493 e. The second-order valence-corrected chi connectivity index (χ2v) is 9.31. The van der Waals surface area contributed by atoms with Crippen LogP contribution in [0.1, 0.15) is 10.4 Å². The Labute approximate surface area is 203 Å². The van der Waals surface area contributed by atoms with Crippen molar-refractivity contribution < 1.29 is 23.4 Å². The van der Waals surface area contributed by atoms with E-state index in [2.05, 4.69) is 11.0 Å². The Bertz CT molecular complexity index is 1120. The van der Waals surface area contributed by atoms with Crippen LogP contribution >= 0.6 is 11.3 Å². The topological polar surface area (TPSA) is 51.2 Å². The second-order valence-electron chi connectivity index (χ2n) is 8.14. The molecule has 0 spiro atoms. The van der Waals surface area contributed by atoms with E-state index < -0.39 is 0 Å². The third-order valence-electron chi connectivity index (χ3n) is 5.96. The molecule has 4 rings (SSSR count). The molecule has 6 nitrogen and oxygen atoms in total. The van der Waals surface area contributed by atoms with Crippen LogP contribution in [0.3, 0.4) is 0 Å². The Morgan fingerprint density at radius 1 is 0.941 bits per heavy atom. The Morgan fingerprint density at radius 2 is 1.65 bits per heavy atom. The number of hydrogen-bond acceptors (Lipinski definition) is 6. The quantitative estimate of drug-likeness (QED) is 0.472. The van der Waals surface area contributed by atoms with Crippen molar-refractivity contribution in [2.45, 2.75) is 13.0 Å². The third kappa shape index (κ3) is 5.51. The summed E-state index contributed by atoms with van der Waals surface area (Å²) in [6, 6.07) is 14.5. The molecule has 0 aliphatic carbocycles. The predicted molar refractivity (Wildman–Crippen MR) is 131 cm³/mol. The van der Waals surface area contributed by atoms with E-state index in [9.17, 15) is 9.18 Å². The van der Waals surface area contributed by atoms with Crippen molar-refractivity contribution in [2.75, 3.05) is 47.5 Å². The van der Waals surface area contributed by atoms with E-state index in [1.807, 2.05) is 29.2 Å². The number of halogens is 1. The number of thiophene rings is 1. The van der Waals surface area contributed by atoms with Crippen LogP contribution in [0.2, 0.25) is 0 Å². The summed E-state index contributed by atoms with van der Waals surface area (Å²) in [6.45, 7) is 3.83. The van der Waals surface area contributed by atoms with Crippen LogP contribution < -0.4 is 14.2 Å². The number of carbonyl (C=O) groups excluding carboxylic acids is 1. The van der Waals surface area contributed by atoms with Gasteiger partial charge >= 0.3 is 0 Å². The van der Waals surface area contributed by atoms with Crippen LogP contribution in [0, 0.1) is 5.82 Å². The molecule has 0 unspecified atom stereocenters. The third-order valence-corrected chi connectivity index (χ3v) is 7.07. The average Bonchev–Trinajstić information content (AvgIpc) is 3.32. The van der Waals surface area contributed by atoms with Gasteiger partial charge in [-0.05, 0) is 47.5 Å². The molecule has 0 atom stereocenters. The molecule has 0 N–H and O–H groups in total. The number of amides is 1. The lowest BCUT2D eigenvalue weighted by atomic mass is 10.1. The molecule has 1 aliphatic rings. The molecule has 8 heteroatoms. The van der Waals surface area contributed by atoms with E-state index in [1.165, 1.54) is 10.9 Å². The number of benzene rings is 2. The lowest BCUT2D eigenvalue weighted by Gasteiger charge is -2.34. The van der Waals surface area contributed by atoms with Crippen molar-refractivity contribution in [3.05, 3.63) is 64.8 Å². The van der Waals surface area contributed by atoms with Gasteiger partial charge in [-0.15, -0.1) is 11.3 Å². The molecule has 1 aliphatic heterocycles. The van der Waals surface area contributed by atoms with Gasteiger partial charge in [-0.1, -0.05) is 12.1 Å². The van der Waals surface area contributed by atoms with Crippen molar-refractivity contribution in [3.8, 4) is 27.7 Å². The normalized spacial score (nSPS) is 14.2. The summed E-state index contributed by atoms with van der Waals surface area (Å²) in [7, 11) is 4.69. The van der Waals surface area contributed by atoms with E-state index in [1.54, 1.807) is 44.8 Å². The first-order chi connectivity index (χ1) is 16.5. The fourth-order valence-corrected chi connectivity index (χ4v) is 5.21. The molecule has 1 fully saturated rings. The molecule has 1 amide bonds. The molecule has 0 radical (unpaired) electrons. The maximum absolute atomic E-state index is 13.5. The Balaban J connectivity index is 1.32. The standard InChI is InChI=1S/C26H29FN2O4S/c1-31-22-13-18(14-23(32-2)26(22)33-3)15-25(30)29-11-9-28(10-12-29)17-21-7-8-24(34-21)19-5-4-6-20(27)16-19/h4-8,13-14,16H,9-12,15,17H2,1-3H3. The van der Waals surface area contributed by atoms with Crippen molar-refractivity contribution >= 4 is 17.2 Å². The van der Waals surface area contributed by atoms with E-state index >= 15 is 0 Å². The fourth-order valence-electron chi connectivity index (χ4n) is 4.16. The van der Waals surface area contributed by atoms with Crippen molar-refractivity contribution in [3.63, 3.8) is 0 Å². The first kappa shape index (κ1) is 24.0. The molecular formula is C26H29FN2O4S. The number of hydrogen-bond donors (Lipinski definition) is 0. The lowest BCUT2D eigenvalue weighted by Crippen LogP contribution is -2.48. The Morgan fingerprint density at radius 3 is 2.26 bits per heavy atom. The van der Waals surface area contributed by atoms with Gasteiger partial charge in [-0.3, -0.25) is 9.69 Å². The molecule has 34 heavy (non-hydrogen) atoms. The number of piperazine rings is 1. The van der Waals surface area contributed by atoms with Crippen LogP contribution in [-0.4, -0.2) is 63.2 Å². The number of carbonyl (C=O) groups is 1. The molecule has 180 valence electrons. The van der Waals surface area contributed by atoms with Crippen molar-refractivity contribution in [1.82, 2.24) is 9.80 Å². The van der Waals surface area contributed by atoms with Gasteiger partial charge in [0.1, 0.15) is 5.82 Å². The zero-order chi connectivity index (χ0) is 24.1. The van der Waals surface area contributed by atoms with Crippen molar-refractivity contribution in [1.29, 1.82) is 0 Å². The number of methoxy groups -OCH3 is 3. The molecular weight excluding hydrogens is 455 g/mol. The van der Waals surface area contributed by atoms with Crippen LogP contribution in [0.4, 0.5) is 4.39 Å². The van der Waals surface area contributed by atoms with Gasteiger partial charge in [0.15, 0.2) is 11.5 Å². The highest BCUT2D eigenvalue weighted by Crippen LogP contribution is 2.38. The number of nitrogens with zero attached hydrogens (tertiary/aromatic N) is 2. The van der Waals surface area contributed by atoms with Crippen LogP contribution in [0.25, 0.3) is 10.4 Å². The summed E-state index contributed by atoms with van der Waals surface area (Å²) in [5.41, 5.74) is 1.73. The van der Waals surface area contributed by atoms with Gasteiger partial charge in [0.05, 0.1) is 27.8 Å². The van der Waals surface area contributed by atoms with Gasteiger partial charge in [0, 0.05) is 42.5 Å². The SMILES string of the molecule is COc1cc(CC(=O)N2CCN(Cc3ccc(-c4cccc(F)c4)s3)CC2)cc(OC)c1OC. The summed E-state index contributed by atoms with van der Waals surface area (Å²) in [5.74, 6) is 1.47. The van der Waals surface area contributed by atoms with Crippen LogP contribution in [0.15, 0.2) is 48.5 Å². The Hall–Kier alpha value is -3.10. The minimum absolute atomic E-state index is 0.0819. The first-order valence-corrected chi connectivity index (χ1v) is 12.0. The predicted octanol–water partition coefficient (Wildman–Crippen LogP) is 4.47. The van der Waals surface area contributed by atoms with Gasteiger partial charge < -0.3 is 19.1 Å². The van der Waals surface area contributed by atoms with E-state index in [0.29, 0.717) is 30.3 Å². The molecule has 2 heterocycles. The monoisotopic (exact) mass is 484 g/mol. The van der Waals surface area contributed by atoms with Gasteiger partial charge in [-0.2, -0.15) is 0 Å². The lowest BCUT2D eigenvalue weighted by molar-refractivity contribution is -0.132. The smallest absolute Gasteiger partial charge is 0.227 e. The molecule has 2 aromatic carbocycles. The first-order valence-electron chi connectivity index (χ1n) is 11.1. The summed E-state index contributed by atoms with van der Waals surface area (Å²) >= 11 is 1.68. The molecule has 1 saturated heterocycles. The second kappa shape index (κ2) is 10.9. The summed E-state index contributed by atoms with van der Waals surface area (Å²) in [4.78, 5) is 19.5. The maximum atomic E-state index is 13.5. The zero-order valence-electron chi connectivity index (χ0n) is 19.7. The van der Waals surface area contributed by atoms with Crippen molar-refractivity contribution in [2.24, 2.45) is 0 Å². The molecule has 3 aromatic rings. The summed E-state index contributed by atoms with van der Waals surface area (Å²) in [6.07, 6.45) is 0.276. The molecule has 1 aromatic heterocycles. The highest BCUT2D eigenvalue weighted by Gasteiger charge is 2.23. The van der Waals surface area contributed by atoms with Gasteiger partial charge in [0.2, 0.25) is 11.7 Å². The minimum atomic E-state index is -0.222. The number of ether oxygens (including phenoxy) is 3. The van der Waals surface area contributed by atoms with Crippen LogP contribution in [-0.2, 0) is 17.8 Å². The summed E-state index contributed by atoms with van der Waals surface area (Å²) in [5, 5.41) is 0. The van der Waals surface area contributed by atoms with Gasteiger partial charge in [0.25, 0.3) is 0 Å². The summed E-state index contributed by atoms with van der Waals surface area (Å²) < 4.78 is 29.7. The largest absolute Gasteiger partial charge is 0.493 e. The van der Waals surface area contributed by atoms with Crippen LogP contribution in [0.5, 0.6) is 17.2 Å². The van der Waals surface area contributed by atoms with E-state index in [4.69, 9.17) is 14.2 Å². The number of rotatable bonds is 8. The van der Waals surface area contributed by atoms with E-state index in [-0.39, 0.29) is 18.1 Å². The van der Waals surface area contributed by atoms with E-state index in [0.717, 1.165) is 35.6 Å².